The van der Waals surface area contributed by atoms with Gasteiger partial charge >= 0.3 is 6.03 Å². The smallest absolute Gasteiger partial charge is 0.319 e. The van der Waals surface area contributed by atoms with Gasteiger partial charge in [0.15, 0.2) is 11.4 Å². The van der Waals surface area contributed by atoms with Gasteiger partial charge in [-0.15, -0.1) is 0 Å². The number of aliphatic hydroxyl groups is 1. The van der Waals surface area contributed by atoms with Gasteiger partial charge in [-0.05, 0) is 53.1 Å². The molecule has 0 radical (unpaired) electrons. The van der Waals surface area contributed by atoms with Gasteiger partial charge < -0.3 is 34.5 Å². The molecule has 2 amide bonds. The molecule has 0 aliphatic carbocycles. The van der Waals surface area contributed by atoms with Crippen molar-refractivity contribution in [2.24, 2.45) is 13.0 Å². The maximum absolute atomic E-state index is 12.6. The van der Waals surface area contributed by atoms with Gasteiger partial charge in [0.05, 0.1) is 18.8 Å². The van der Waals surface area contributed by atoms with E-state index in [0.717, 1.165) is 38.9 Å². The number of urea groups is 1. The van der Waals surface area contributed by atoms with Gasteiger partial charge in [0, 0.05) is 48.9 Å². The number of aliphatic hydroxyl groups excluding tert-OH is 1. The molecule has 47 heavy (non-hydrogen) atoms. The fourth-order valence-electron chi connectivity index (χ4n) is 5.34. The zero-order chi connectivity index (χ0) is 32.6. The number of carbonyl (C=O) groups is 1. The fraction of sp³-hybridized carbons (Fsp3) is 0.243. The molecule has 0 saturated carbocycles. The van der Waals surface area contributed by atoms with Crippen molar-refractivity contribution in [3.8, 4) is 11.5 Å². The number of benzene rings is 4. The standard InChI is InChI=1S/C37H38N4O5S/c1-25-33(24-47-37-38-20-21-41(37)2)45-35(46-34(25)28-12-10-27(23-42)11-13-28)29-14-8-26(9-15-29)22-39-36(43)40-30-16-18-32(19-17-30)44-31-6-4-3-5-7-31/h3-21,25,33-35,42H,22-24H2,1-2H3,(H2,39,40,43). The Hall–Kier alpha value is -4.61. The first-order chi connectivity index (χ1) is 22.9. The van der Waals surface area contributed by atoms with E-state index in [1.54, 1.807) is 30.1 Å². The van der Waals surface area contributed by atoms with E-state index in [4.69, 9.17) is 14.2 Å². The Morgan fingerprint density at radius 2 is 1.57 bits per heavy atom. The molecule has 5 aromatic rings. The molecular formula is C37H38N4O5S. The lowest BCUT2D eigenvalue weighted by Crippen LogP contribution is -2.38. The Labute approximate surface area is 278 Å². The third-order valence-corrected chi connectivity index (χ3v) is 9.22. The van der Waals surface area contributed by atoms with E-state index >= 15 is 0 Å². The second-order valence-corrected chi connectivity index (χ2v) is 12.4. The quantitative estimate of drug-likeness (QED) is 0.126. The summed E-state index contributed by atoms with van der Waals surface area (Å²) in [5.74, 6) is 2.23. The molecule has 6 rings (SSSR count). The van der Waals surface area contributed by atoms with Crippen LogP contribution in [0.1, 0.15) is 41.6 Å². The largest absolute Gasteiger partial charge is 0.457 e. The average molecular weight is 651 g/mol. The van der Waals surface area contributed by atoms with Gasteiger partial charge in [0.1, 0.15) is 11.5 Å². The van der Waals surface area contributed by atoms with E-state index in [1.807, 2.05) is 109 Å². The van der Waals surface area contributed by atoms with Gasteiger partial charge in [-0.1, -0.05) is 85.4 Å². The molecule has 0 bridgehead atoms. The molecule has 1 aliphatic heterocycles. The summed E-state index contributed by atoms with van der Waals surface area (Å²) in [6.45, 7) is 2.50. The number of thioether (sulfide) groups is 1. The Kier molecular flexibility index (Phi) is 10.5. The highest BCUT2D eigenvalue weighted by Crippen LogP contribution is 2.43. The molecule has 0 spiro atoms. The minimum Gasteiger partial charge on any atom is -0.457 e. The molecule has 1 aliphatic rings. The van der Waals surface area contributed by atoms with E-state index in [1.165, 1.54) is 0 Å². The van der Waals surface area contributed by atoms with E-state index in [9.17, 15) is 9.90 Å². The van der Waals surface area contributed by atoms with Gasteiger partial charge in [0.2, 0.25) is 0 Å². The zero-order valence-corrected chi connectivity index (χ0v) is 27.1. The minimum atomic E-state index is -0.570. The highest BCUT2D eigenvalue weighted by Gasteiger charge is 2.38. The van der Waals surface area contributed by atoms with Crippen molar-refractivity contribution in [3.63, 3.8) is 0 Å². The van der Waals surface area contributed by atoms with Crippen LogP contribution in [0.2, 0.25) is 0 Å². The number of ether oxygens (including phenoxy) is 3. The van der Waals surface area contributed by atoms with Crippen molar-refractivity contribution in [2.75, 3.05) is 11.1 Å². The number of carbonyl (C=O) groups excluding carboxylic acids is 1. The Bertz CT molecular complexity index is 1730. The predicted molar refractivity (Wildman–Crippen MR) is 182 cm³/mol. The molecule has 4 aromatic carbocycles. The molecule has 3 N–H and O–H groups in total. The molecule has 10 heteroatoms. The summed E-state index contributed by atoms with van der Waals surface area (Å²) in [5, 5.41) is 16.2. The molecule has 1 aromatic heterocycles. The fourth-order valence-corrected chi connectivity index (χ4v) is 6.43. The molecule has 4 atom stereocenters. The molecule has 242 valence electrons. The second kappa shape index (κ2) is 15.3. The monoisotopic (exact) mass is 650 g/mol. The Morgan fingerprint density at radius 1 is 0.894 bits per heavy atom. The summed E-state index contributed by atoms with van der Waals surface area (Å²) < 4.78 is 21.0. The highest BCUT2D eigenvalue weighted by atomic mass is 32.2. The molecular weight excluding hydrogens is 612 g/mol. The zero-order valence-electron chi connectivity index (χ0n) is 26.3. The molecule has 1 fully saturated rings. The number of hydrogen-bond donors (Lipinski definition) is 3. The van der Waals surface area contributed by atoms with Crippen molar-refractivity contribution in [3.05, 3.63) is 138 Å². The van der Waals surface area contributed by atoms with Crippen LogP contribution in [0, 0.1) is 5.92 Å². The Balaban J connectivity index is 1.07. The number of nitrogens with one attached hydrogen (secondary N) is 2. The highest BCUT2D eigenvalue weighted by molar-refractivity contribution is 7.99. The number of anilines is 1. The predicted octanol–water partition coefficient (Wildman–Crippen LogP) is 7.61. The van der Waals surface area contributed by atoms with Crippen LogP contribution in [0.25, 0.3) is 0 Å². The molecule has 1 saturated heterocycles. The number of amides is 2. The number of rotatable bonds is 11. The van der Waals surface area contributed by atoms with Crippen LogP contribution in [-0.2, 0) is 29.7 Å². The number of imidazole rings is 1. The average Bonchev–Trinajstić information content (AvgIpc) is 3.52. The van der Waals surface area contributed by atoms with E-state index in [0.29, 0.717) is 18.0 Å². The van der Waals surface area contributed by atoms with Crippen LogP contribution >= 0.6 is 11.8 Å². The van der Waals surface area contributed by atoms with Gasteiger partial charge in [-0.25, -0.2) is 9.78 Å². The van der Waals surface area contributed by atoms with Crippen molar-refractivity contribution < 1.29 is 24.1 Å². The van der Waals surface area contributed by atoms with E-state index < -0.39 is 6.29 Å². The van der Waals surface area contributed by atoms with Crippen LogP contribution < -0.4 is 15.4 Å². The van der Waals surface area contributed by atoms with E-state index in [-0.39, 0.29) is 30.8 Å². The topological polar surface area (TPSA) is 107 Å². The van der Waals surface area contributed by atoms with Gasteiger partial charge in [-0.2, -0.15) is 0 Å². The van der Waals surface area contributed by atoms with Gasteiger partial charge in [0.25, 0.3) is 0 Å². The van der Waals surface area contributed by atoms with Crippen molar-refractivity contribution >= 4 is 23.5 Å². The number of para-hydroxylation sites is 1. The summed E-state index contributed by atoms with van der Waals surface area (Å²) in [5.41, 5.74) is 4.40. The summed E-state index contributed by atoms with van der Waals surface area (Å²) >= 11 is 1.66. The van der Waals surface area contributed by atoms with E-state index in [2.05, 4.69) is 22.5 Å². The maximum atomic E-state index is 12.6. The second-order valence-electron chi connectivity index (χ2n) is 11.4. The summed E-state index contributed by atoms with van der Waals surface area (Å²) in [6.07, 6.45) is 2.87. The Morgan fingerprint density at radius 3 is 2.26 bits per heavy atom. The summed E-state index contributed by atoms with van der Waals surface area (Å²) in [7, 11) is 1.98. The first kappa shape index (κ1) is 32.3. The van der Waals surface area contributed by atoms with Gasteiger partial charge in [-0.3, -0.25) is 0 Å². The van der Waals surface area contributed by atoms with Crippen LogP contribution in [0.3, 0.4) is 0 Å². The van der Waals surface area contributed by atoms with Crippen LogP contribution in [0.5, 0.6) is 11.5 Å². The lowest BCUT2D eigenvalue weighted by molar-refractivity contribution is -0.268. The maximum Gasteiger partial charge on any atom is 0.319 e. The molecule has 4 unspecified atom stereocenters. The van der Waals surface area contributed by atoms with Crippen LogP contribution in [-0.4, -0.2) is 32.5 Å². The first-order valence-corrected chi connectivity index (χ1v) is 16.5. The lowest BCUT2D eigenvalue weighted by atomic mass is 9.91. The molecule has 9 nitrogen and oxygen atoms in total. The van der Waals surface area contributed by atoms with Crippen molar-refractivity contribution in [1.29, 1.82) is 0 Å². The normalized spacial score (nSPS) is 19.2. The lowest BCUT2D eigenvalue weighted by Gasteiger charge is -2.41. The summed E-state index contributed by atoms with van der Waals surface area (Å²) in [6, 6.07) is 32.3. The molecule has 2 heterocycles. The third kappa shape index (κ3) is 8.41. The van der Waals surface area contributed by atoms with Crippen LogP contribution in [0.4, 0.5) is 10.5 Å². The van der Waals surface area contributed by atoms with Crippen molar-refractivity contribution in [1.82, 2.24) is 14.9 Å². The van der Waals surface area contributed by atoms with Crippen LogP contribution in [0.15, 0.2) is 121 Å². The number of hydrogen-bond acceptors (Lipinski definition) is 7. The number of aryl methyl sites for hydroxylation is 1. The SMILES string of the molecule is CC1C(CSc2nccn2C)OC(c2ccc(CNC(=O)Nc3ccc(Oc4ccccc4)cc3)cc2)OC1c1ccc(CO)cc1. The third-order valence-electron chi connectivity index (χ3n) is 8.07. The number of nitrogens with zero attached hydrogens (tertiary/aromatic N) is 2. The minimum absolute atomic E-state index is 0.00337. The number of aromatic nitrogens is 2. The summed E-state index contributed by atoms with van der Waals surface area (Å²) in [4.78, 5) is 17.1. The first-order valence-electron chi connectivity index (χ1n) is 15.5. The van der Waals surface area contributed by atoms with Crippen molar-refractivity contribution in [2.45, 2.75) is 43.7 Å².